The van der Waals surface area contributed by atoms with E-state index in [1.165, 1.54) is 0 Å². The van der Waals surface area contributed by atoms with Crippen molar-refractivity contribution >= 4 is 15.7 Å². The van der Waals surface area contributed by atoms with Crippen molar-refractivity contribution in [1.29, 1.82) is 0 Å². The van der Waals surface area contributed by atoms with Crippen molar-refractivity contribution in [1.82, 2.24) is 9.62 Å². The van der Waals surface area contributed by atoms with E-state index in [9.17, 15) is 8.42 Å². The number of anilines is 1. The first-order chi connectivity index (χ1) is 9.15. The Morgan fingerprint density at radius 3 is 2.35 bits per heavy atom. The number of hydrogen-bond acceptors (Lipinski definition) is 4. The third-order valence-electron chi connectivity index (χ3n) is 3.55. The molecular formula is C14H25N3O2S. The molecule has 0 aliphatic carbocycles. The summed E-state index contributed by atoms with van der Waals surface area (Å²) >= 11 is 0. The zero-order valence-electron chi connectivity index (χ0n) is 12.9. The second-order valence-electron chi connectivity index (χ2n) is 5.45. The number of nitrogens with zero attached hydrogens (tertiary/aromatic N) is 1. The summed E-state index contributed by atoms with van der Waals surface area (Å²) in [5.41, 5.74) is 8.02. The van der Waals surface area contributed by atoms with Gasteiger partial charge in [0, 0.05) is 19.1 Å². The first-order valence-electron chi connectivity index (χ1n) is 6.71. The Labute approximate surface area is 122 Å². The van der Waals surface area contributed by atoms with E-state index in [-0.39, 0.29) is 10.6 Å². The molecule has 0 unspecified atom stereocenters. The highest BCUT2D eigenvalue weighted by Gasteiger charge is 2.18. The molecule has 5 nitrogen and oxygen atoms in total. The van der Waals surface area contributed by atoms with E-state index in [0.717, 1.165) is 11.1 Å². The van der Waals surface area contributed by atoms with Crippen LogP contribution < -0.4 is 10.5 Å². The van der Waals surface area contributed by atoms with Crippen LogP contribution >= 0.6 is 0 Å². The minimum absolute atomic E-state index is 0.160. The summed E-state index contributed by atoms with van der Waals surface area (Å²) in [5.74, 6) is 0. The van der Waals surface area contributed by atoms with E-state index in [1.807, 2.05) is 20.9 Å². The van der Waals surface area contributed by atoms with E-state index in [0.29, 0.717) is 19.1 Å². The zero-order chi connectivity index (χ0) is 15.5. The van der Waals surface area contributed by atoms with E-state index < -0.39 is 10.0 Å². The van der Waals surface area contributed by atoms with E-state index in [1.54, 1.807) is 12.1 Å². The topological polar surface area (TPSA) is 75.4 Å². The molecule has 0 spiro atoms. The number of hydrogen-bond donors (Lipinski definition) is 2. The highest BCUT2D eigenvalue weighted by Crippen LogP contribution is 2.22. The monoisotopic (exact) mass is 299 g/mol. The fourth-order valence-corrected chi connectivity index (χ4v) is 2.95. The molecule has 3 N–H and O–H groups in total. The molecule has 0 aliphatic rings. The van der Waals surface area contributed by atoms with Crippen molar-refractivity contribution in [2.24, 2.45) is 0 Å². The molecule has 20 heavy (non-hydrogen) atoms. The van der Waals surface area contributed by atoms with Gasteiger partial charge in [-0.2, -0.15) is 0 Å². The van der Waals surface area contributed by atoms with Gasteiger partial charge in [-0.1, -0.05) is 0 Å². The van der Waals surface area contributed by atoms with Gasteiger partial charge in [-0.15, -0.1) is 0 Å². The second-order valence-corrected chi connectivity index (χ2v) is 7.18. The van der Waals surface area contributed by atoms with Gasteiger partial charge in [0.15, 0.2) is 0 Å². The van der Waals surface area contributed by atoms with Crippen LogP contribution in [0.15, 0.2) is 17.0 Å². The van der Waals surface area contributed by atoms with Crippen molar-refractivity contribution in [2.45, 2.75) is 38.6 Å². The standard InChI is InChI=1S/C14H25N3O2S/c1-10(2)17(5)7-6-16-20(18,19)14-9-12(4)11(3)8-13(14)15/h8-10,16H,6-7,15H2,1-5H3. The number of nitrogens with one attached hydrogen (secondary N) is 1. The third kappa shape index (κ3) is 4.19. The fourth-order valence-electron chi connectivity index (χ4n) is 1.74. The van der Waals surface area contributed by atoms with Crippen molar-refractivity contribution in [3.8, 4) is 0 Å². The Kier molecular flexibility index (Phi) is 5.56. The SMILES string of the molecule is Cc1cc(N)c(S(=O)(=O)NCCN(C)C(C)C)cc1C. The highest BCUT2D eigenvalue weighted by molar-refractivity contribution is 7.89. The molecule has 0 atom stereocenters. The number of benzene rings is 1. The number of likely N-dealkylation sites (N-methyl/N-ethyl adjacent to an activating group) is 1. The molecule has 0 heterocycles. The Morgan fingerprint density at radius 2 is 1.80 bits per heavy atom. The number of rotatable bonds is 6. The largest absolute Gasteiger partial charge is 0.398 e. The maximum atomic E-state index is 12.3. The van der Waals surface area contributed by atoms with Gasteiger partial charge < -0.3 is 10.6 Å². The van der Waals surface area contributed by atoms with Crippen LogP contribution in [0.1, 0.15) is 25.0 Å². The average molecular weight is 299 g/mol. The molecule has 1 aromatic carbocycles. The summed E-state index contributed by atoms with van der Waals surface area (Å²) in [4.78, 5) is 2.24. The highest BCUT2D eigenvalue weighted by atomic mass is 32.2. The first-order valence-corrected chi connectivity index (χ1v) is 8.20. The fraction of sp³-hybridized carbons (Fsp3) is 0.571. The van der Waals surface area contributed by atoms with Crippen molar-refractivity contribution in [2.75, 3.05) is 25.9 Å². The second kappa shape index (κ2) is 6.56. The van der Waals surface area contributed by atoms with Crippen molar-refractivity contribution < 1.29 is 8.42 Å². The van der Waals surface area contributed by atoms with Gasteiger partial charge in [0.05, 0.1) is 5.69 Å². The van der Waals surface area contributed by atoms with Gasteiger partial charge in [-0.05, 0) is 58.0 Å². The van der Waals surface area contributed by atoms with Gasteiger partial charge in [-0.3, -0.25) is 0 Å². The Bertz CT molecular complexity index is 568. The summed E-state index contributed by atoms with van der Waals surface area (Å²) in [5, 5.41) is 0. The van der Waals surface area contributed by atoms with Gasteiger partial charge in [0.2, 0.25) is 10.0 Å². The lowest BCUT2D eigenvalue weighted by Gasteiger charge is -2.21. The first kappa shape index (κ1) is 16.9. The molecule has 0 radical (unpaired) electrons. The molecule has 1 aromatic rings. The van der Waals surface area contributed by atoms with E-state index in [2.05, 4.69) is 23.5 Å². The molecule has 0 aliphatic heterocycles. The molecule has 6 heteroatoms. The van der Waals surface area contributed by atoms with Gasteiger partial charge in [0.1, 0.15) is 4.90 Å². The Hall–Kier alpha value is -1.11. The number of nitrogen functional groups attached to an aromatic ring is 1. The van der Waals surface area contributed by atoms with Crippen LogP contribution in [-0.4, -0.2) is 39.5 Å². The lowest BCUT2D eigenvalue weighted by molar-refractivity contribution is 0.278. The molecule has 0 saturated carbocycles. The Morgan fingerprint density at radius 1 is 1.25 bits per heavy atom. The zero-order valence-corrected chi connectivity index (χ0v) is 13.7. The predicted octanol–water partition coefficient (Wildman–Crippen LogP) is 1.50. The van der Waals surface area contributed by atoms with Crippen molar-refractivity contribution in [3.05, 3.63) is 23.3 Å². The van der Waals surface area contributed by atoms with Crippen LogP contribution in [0.5, 0.6) is 0 Å². The summed E-state index contributed by atoms with van der Waals surface area (Å²) in [6.07, 6.45) is 0. The lowest BCUT2D eigenvalue weighted by Crippen LogP contribution is -2.36. The van der Waals surface area contributed by atoms with Crippen LogP contribution in [0, 0.1) is 13.8 Å². The summed E-state index contributed by atoms with van der Waals surface area (Å²) < 4.78 is 27.1. The number of nitrogens with two attached hydrogens (primary N) is 1. The summed E-state index contributed by atoms with van der Waals surface area (Å²) in [6.45, 7) is 8.93. The van der Waals surface area contributed by atoms with E-state index in [4.69, 9.17) is 5.73 Å². The van der Waals surface area contributed by atoms with Crippen LogP contribution in [-0.2, 0) is 10.0 Å². The molecule has 114 valence electrons. The summed E-state index contributed by atoms with van der Waals surface area (Å²) in [7, 11) is -1.59. The van der Waals surface area contributed by atoms with Crippen LogP contribution in [0.4, 0.5) is 5.69 Å². The molecule has 0 saturated heterocycles. The maximum absolute atomic E-state index is 12.3. The van der Waals surface area contributed by atoms with Crippen LogP contribution in [0.25, 0.3) is 0 Å². The predicted molar refractivity (Wildman–Crippen MR) is 83.3 cm³/mol. The molecule has 1 rings (SSSR count). The molecule has 0 aromatic heterocycles. The smallest absolute Gasteiger partial charge is 0.242 e. The molecule has 0 amide bonds. The van der Waals surface area contributed by atoms with Crippen molar-refractivity contribution in [3.63, 3.8) is 0 Å². The molecule has 0 bridgehead atoms. The molecule has 0 fully saturated rings. The minimum Gasteiger partial charge on any atom is -0.398 e. The minimum atomic E-state index is -3.55. The van der Waals surface area contributed by atoms with Crippen LogP contribution in [0.3, 0.4) is 0 Å². The quantitative estimate of drug-likeness (QED) is 0.781. The summed E-state index contributed by atoms with van der Waals surface area (Å²) in [6, 6.07) is 3.70. The van der Waals surface area contributed by atoms with Gasteiger partial charge >= 0.3 is 0 Å². The maximum Gasteiger partial charge on any atom is 0.242 e. The Balaban J connectivity index is 2.82. The normalized spacial score (nSPS) is 12.3. The number of aryl methyl sites for hydroxylation is 2. The number of sulfonamides is 1. The van der Waals surface area contributed by atoms with Gasteiger partial charge in [-0.25, -0.2) is 13.1 Å². The lowest BCUT2D eigenvalue weighted by atomic mass is 10.1. The van der Waals surface area contributed by atoms with Gasteiger partial charge in [0.25, 0.3) is 0 Å². The third-order valence-corrected chi connectivity index (χ3v) is 5.07. The van der Waals surface area contributed by atoms with Crippen LogP contribution in [0.2, 0.25) is 0 Å². The average Bonchev–Trinajstić information content (AvgIpc) is 2.33. The van der Waals surface area contributed by atoms with E-state index >= 15 is 0 Å². The molecular weight excluding hydrogens is 274 g/mol.